The third-order valence-electron chi connectivity index (χ3n) is 5.10. The van der Waals surface area contributed by atoms with Crippen LogP contribution >= 0.6 is 0 Å². The zero-order chi connectivity index (χ0) is 17.4. The number of aryl methyl sites for hydroxylation is 2. The van der Waals surface area contributed by atoms with E-state index in [0.717, 1.165) is 56.8 Å². The number of carbonyl (C=O) groups excluding carboxylic acids is 1. The van der Waals surface area contributed by atoms with E-state index >= 15 is 0 Å². The van der Waals surface area contributed by atoms with Gasteiger partial charge in [0, 0.05) is 43.9 Å². The Morgan fingerprint density at radius 3 is 2.88 bits per heavy atom. The van der Waals surface area contributed by atoms with Gasteiger partial charge in [0.25, 0.3) is 5.91 Å². The van der Waals surface area contributed by atoms with Crippen LogP contribution in [0.5, 0.6) is 0 Å². The Morgan fingerprint density at radius 2 is 2.12 bits per heavy atom. The number of halogens is 1. The minimum atomic E-state index is -0.314. The van der Waals surface area contributed by atoms with Crippen LogP contribution in [0.4, 0.5) is 10.1 Å². The molecule has 0 radical (unpaired) electrons. The van der Waals surface area contributed by atoms with Crippen LogP contribution in [0.2, 0.25) is 0 Å². The van der Waals surface area contributed by atoms with E-state index in [9.17, 15) is 9.18 Å². The molecule has 1 aromatic heterocycles. The fourth-order valence-electron chi connectivity index (χ4n) is 3.84. The SMILES string of the molecule is Cc1cn2c(n1)CCC(NC(=O)c1ccc(N3CCCC3)c(F)c1)C2. The Bertz CT molecular complexity index is 795. The summed E-state index contributed by atoms with van der Waals surface area (Å²) in [5.41, 5.74) is 1.99. The van der Waals surface area contributed by atoms with E-state index in [1.54, 1.807) is 12.1 Å². The number of rotatable bonds is 3. The summed E-state index contributed by atoms with van der Waals surface area (Å²) in [6.07, 6.45) is 5.91. The van der Waals surface area contributed by atoms with Gasteiger partial charge in [0.1, 0.15) is 11.6 Å². The number of aromatic nitrogens is 2. The van der Waals surface area contributed by atoms with Crippen molar-refractivity contribution in [2.45, 2.75) is 45.2 Å². The number of nitrogens with one attached hydrogen (secondary N) is 1. The van der Waals surface area contributed by atoms with Crippen molar-refractivity contribution >= 4 is 11.6 Å². The highest BCUT2D eigenvalue weighted by molar-refractivity contribution is 5.94. The molecule has 6 heteroatoms. The number of carbonyl (C=O) groups is 1. The van der Waals surface area contributed by atoms with Crippen LogP contribution in [-0.4, -0.2) is 34.6 Å². The zero-order valence-electron chi connectivity index (χ0n) is 14.5. The quantitative estimate of drug-likeness (QED) is 0.933. The van der Waals surface area contributed by atoms with Crippen molar-refractivity contribution in [1.82, 2.24) is 14.9 Å². The second-order valence-electron chi connectivity index (χ2n) is 7.02. The van der Waals surface area contributed by atoms with Crippen molar-refractivity contribution in [2.24, 2.45) is 0 Å². The molecular formula is C19H23FN4O. The lowest BCUT2D eigenvalue weighted by Gasteiger charge is -2.25. The molecule has 1 unspecified atom stereocenters. The molecule has 0 saturated carbocycles. The molecule has 2 aliphatic rings. The number of hydrogen-bond acceptors (Lipinski definition) is 3. The van der Waals surface area contributed by atoms with Gasteiger partial charge in [-0.2, -0.15) is 0 Å². The smallest absolute Gasteiger partial charge is 0.251 e. The number of nitrogens with zero attached hydrogens (tertiary/aromatic N) is 3. The van der Waals surface area contributed by atoms with Gasteiger partial charge < -0.3 is 14.8 Å². The number of benzene rings is 1. The number of fused-ring (bicyclic) bond motifs is 1. The van der Waals surface area contributed by atoms with Crippen LogP contribution in [0.3, 0.4) is 0 Å². The third kappa shape index (κ3) is 3.25. The molecule has 2 aromatic rings. The molecular weight excluding hydrogens is 319 g/mol. The molecule has 1 saturated heterocycles. The molecule has 0 bridgehead atoms. The van der Waals surface area contributed by atoms with E-state index in [-0.39, 0.29) is 17.8 Å². The van der Waals surface area contributed by atoms with Crippen molar-refractivity contribution in [3.8, 4) is 0 Å². The van der Waals surface area contributed by atoms with Gasteiger partial charge in [0.2, 0.25) is 0 Å². The topological polar surface area (TPSA) is 50.2 Å². The predicted molar refractivity (Wildman–Crippen MR) is 94.4 cm³/mol. The van der Waals surface area contributed by atoms with Gasteiger partial charge in [-0.05, 0) is 44.4 Å². The number of imidazole rings is 1. The van der Waals surface area contributed by atoms with E-state index in [0.29, 0.717) is 11.3 Å². The maximum atomic E-state index is 14.4. The first-order valence-electron chi connectivity index (χ1n) is 8.98. The molecule has 1 amide bonds. The lowest BCUT2D eigenvalue weighted by atomic mass is 10.1. The van der Waals surface area contributed by atoms with Crippen LogP contribution in [0, 0.1) is 12.7 Å². The molecule has 4 rings (SSSR count). The van der Waals surface area contributed by atoms with Crippen LogP contribution in [-0.2, 0) is 13.0 Å². The molecule has 1 N–H and O–H groups in total. The minimum absolute atomic E-state index is 0.0509. The Morgan fingerprint density at radius 1 is 1.32 bits per heavy atom. The average molecular weight is 342 g/mol. The zero-order valence-corrected chi connectivity index (χ0v) is 14.5. The summed E-state index contributed by atoms with van der Waals surface area (Å²) < 4.78 is 16.5. The predicted octanol–water partition coefficient (Wildman–Crippen LogP) is 2.68. The van der Waals surface area contributed by atoms with Gasteiger partial charge >= 0.3 is 0 Å². The summed E-state index contributed by atoms with van der Waals surface area (Å²) in [6, 6.07) is 4.86. The Hall–Kier alpha value is -2.37. The highest BCUT2D eigenvalue weighted by atomic mass is 19.1. The summed E-state index contributed by atoms with van der Waals surface area (Å²) in [7, 11) is 0. The molecule has 132 valence electrons. The number of amides is 1. The molecule has 0 spiro atoms. The summed E-state index contributed by atoms with van der Waals surface area (Å²) in [6.45, 7) is 4.47. The average Bonchev–Trinajstić information content (AvgIpc) is 3.23. The monoisotopic (exact) mass is 342 g/mol. The van der Waals surface area contributed by atoms with Crippen molar-refractivity contribution < 1.29 is 9.18 Å². The Balaban J connectivity index is 1.43. The molecule has 1 fully saturated rings. The normalized spacial score (nSPS) is 19.8. The lowest BCUT2D eigenvalue weighted by molar-refractivity contribution is 0.0927. The largest absolute Gasteiger partial charge is 0.369 e. The lowest BCUT2D eigenvalue weighted by Crippen LogP contribution is -2.40. The standard InChI is InChI=1S/C19H23FN4O/c1-13-11-24-12-15(5-7-18(24)21-13)22-19(25)14-4-6-17(16(20)10-14)23-8-2-3-9-23/h4,6,10-11,15H,2-3,5,7-9,12H2,1H3,(H,22,25). The van der Waals surface area contributed by atoms with E-state index in [4.69, 9.17) is 0 Å². The summed E-state index contributed by atoms with van der Waals surface area (Å²) >= 11 is 0. The van der Waals surface area contributed by atoms with Crippen LogP contribution < -0.4 is 10.2 Å². The van der Waals surface area contributed by atoms with Gasteiger partial charge in [0.05, 0.1) is 11.4 Å². The maximum Gasteiger partial charge on any atom is 0.251 e. The van der Waals surface area contributed by atoms with E-state index < -0.39 is 0 Å². The van der Waals surface area contributed by atoms with E-state index in [1.165, 1.54) is 6.07 Å². The number of hydrogen-bond donors (Lipinski definition) is 1. The molecule has 2 aliphatic heterocycles. The minimum Gasteiger partial charge on any atom is -0.369 e. The molecule has 1 atom stereocenters. The fraction of sp³-hybridized carbons (Fsp3) is 0.474. The van der Waals surface area contributed by atoms with E-state index in [1.807, 2.05) is 18.0 Å². The van der Waals surface area contributed by atoms with Gasteiger partial charge in [-0.3, -0.25) is 4.79 Å². The molecule has 5 nitrogen and oxygen atoms in total. The van der Waals surface area contributed by atoms with Crippen LogP contribution in [0.1, 0.15) is 41.1 Å². The van der Waals surface area contributed by atoms with Crippen molar-refractivity contribution in [2.75, 3.05) is 18.0 Å². The molecule has 3 heterocycles. The maximum absolute atomic E-state index is 14.4. The van der Waals surface area contributed by atoms with Gasteiger partial charge in [-0.25, -0.2) is 9.37 Å². The third-order valence-corrected chi connectivity index (χ3v) is 5.10. The second-order valence-corrected chi connectivity index (χ2v) is 7.02. The van der Waals surface area contributed by atoms with Crippen molar-refractivity contribution in [3.05, 3.63) is 47.3 Å². The van der Waals surface area contributed by atoms with Gasteiger partial charge in [-0.15, -0.1) is 0 Å². The second kappa shape index (κ2) is 6.50. The molecule has 0 aliphatic carbocycles. The summed E-state index contributed by atoms with van der Waals surface area (Å²) in [5, 5.41) is 3.03. The Kier molecular flexibility index (Phi) is 4.19. The van der Waals surface area contributed by atoms with Crippen molar-refractivity contribution in [1.29, 1.82) is 0 Å². The van der Waals surface area contributed by atoms with Crippen molar-refractivity contribution in [3.63, 3.8) is 0 Å². The first-order valence-corrected chi connectivity index (χ1v) is 8.98. The molecule has 25 heavy (non-hydrogen) atoms. The number of anilines is 1. The highest BCUT2D eigenvalue weighted by Gasteiger charge is 2.23. The van der Waals surface area contributed by atoms with Crippen LogP contribution in [0.25, 0.3) is 0 Å². The first-order chi connectivity index (χ1) is 12.1. The summed E-state index contributed by atoms with van der Waals surface area (Å²) in [4.78, 5) is 19.0. The van der Waals surface area contributed by atoms with E-state index in [2.05, 4.69) is 14.9 Å². The summed E-state index contributed by atoms with van der Waals surface area (Å²) in [5.74, 6) is 0.548. The highest BCUT2D eigenvalue weighted by Crippen LogP contribution is 2.24. The fourth-order valence-corrected chi connectivity index (χ4v) is 3.84. The van der Waals surface area contributed by atoms with Crippen LogP contribution in [0.15, 0.2) is 24.4 Å². The molecule has 1 aromatic carbocycles. The first kappa shape index (κ1) is 16.1. The van der Waals surface area contributed by atoms with Gasteiger partial charge in [0.15, 0.2) is 0 Å². The van der Waals surface area contributed by atoms with Gasteiger partial charge in [-0.1, -0.05) is 0 Å². The Labute approximate surface area is 146 Å².